The summed E-state index contributed by atoms with van der Waals surface area (Å²) in [7, 11) is 0. The summed E-state index contributed by atoms with van der Waals surface area (Å²) in [6.45, 7) is 0. The molecule has 2 amide bonds. The number of nitrogens with one attached hydrogen (secondary N) is 1. The van der Waals surface area contributed by atoms with Crippen LogP contribution in [0.2, 0.25) is 0 Å². The van der Waals surface area contributed by atoms with Crippen LogP contribution in [0, 0.1) is 0 Å². The number of hydrogen-bond acceptors (Lipinski definition) is 5. The van der Waals surface area contributed by atoms with Crippen molar-refractivity contribution >= 4 is 29.3 Å². The molecular weight excluding hydrogens is 286 g/mol. The van der Waals surface area contributed by atoms with Crippen molar-refractivity contribution in [1.29, 1.82) is 0 Å². The van der Waals surface area contributed by atoms with E-state index in [-0.39, 0.29) is 24.0 Å². The van der Waals surface area contributed by atoms with Gasteiger partial charge in [-0.15, -0.1) is 11.8 Å². The first-order valence-electron chi connectivity index (χ1n) is 6.34. The summed E-state index contributed by atoms with van der Waals surface area (Å²) in [6, 6.07) is 11.0. The first kappa shape index (κ1) is 15.1. The van der Waals surface area contributed by atoms with Crippen LogP contribution < -0.4 is 11.1 Å². The van der Waals surface area contributed by atoms with Gasteiger partial charge in [-0.3, -0.25) is 19.9 Å². The Balaban J connectivity index is 1.79. The van der Waals surface area contributed by atoms with Gasteiger partial charge < -0.3 is 5.73 Å². The maximum atomic E-state index is 11.7. The number of pyridine rings is 1. The lowest BCUT2D eigenvalue weighted by Crippen LogP contribution is -2.33. The second-order valence-electron chi connectivity index (χ2n) is 4.34. The average molecular weight is 301 g/mol. The third-order valence-corrected chi connectivity index (χ3v) is 3.74. The summed E-state index contributed by atoms with van der Waals surface area (Å²) in [5.74, 6) is -0.513. The Kier molecular flexibility index (Phi) is 5.34. The molecule has 0 radical (unpaired) electrons. The number of nitrogens with zero attached hydrogens (tertiary/aromatic N) is 1. The third kappa shape index (κ3) is 4.92. The van der Waals surface area contributed by atoms with Gasteiger partial charge in [0.05, 0.1) is 24.1 Å². The van der Waals surface area contributed by atoms with Gasteiger partial charge in [0.25, 0.3) is 0 Å². The van der Waals surface area contributed by atoms with Crippen molar-refractivity contribution in [2.75, 3.05) is 11.5 Å². The normalized spacial score (nSPS) is 10.1. The minimum Gasteiger partial charge on any atom is -0.397 e. The SMILES string of the molecule is Nc1cnccc1SCC(=O)NC(=O)Cc1ccccc1. The zero-order chi connectivity index (χ0) is 15.1. The lowest BCUT2D eigenvalue weighted by molar-refractivity contribution is -0.128. The van der Waals surface area contributed by atoms with E-state index in [9.17, 15) is 9.59 Å². The van der Waals surface area contributed by atoms with Crippen molar-refractivity contribution in [2.24, 2.45) is 0 Å². The summed E-state index contributed by atoms with van der Waals surface area (Å²) < 4.78 is 0. The molecule has 5 nitrogen and oxygen atoms in total. The number of thioether (sulfide) groups is 1. The van der Waals surface area contributed by atoms with E-state index in [0.717, 1.165) is 10.5 Å². The molecule has 0 aliphatic heterocycles. The number of amides is 2. The van der Waals surface area contributed by atoms with Gasteiger partial charge in [-0.25, -0.2) is 0 Å². The van der Waals surface area contributed by atoms with E-state index in [4.69, 9.17) is 5.73 Å². The van der Waals surface area contributed by atoms with Crippen LogP contribution in [0.1, 0.15) is 5.56 Å². The van der Waals surface area contributed by atoms with E-state index in [1.807, 2.05) is 30.3 Å². The number of anilines is 1. The summed E-state index contributed by atoms with van der Waals surface area (Å²) in [5, 5.41) is 2.36. The maximum absolute atomic E-state index is 11.7. The molecule has 1 aromatic heterocycles. The van der Waals surface area contributed by atoms with Gasteiger partial charge in [0, 0.05) is 11.1 Å². The van der Waals surface area contributed by atoms with Crippen LogP contribution in [-0.2, 0) is 16.0 Å². The Hall–Kier alpha value is -2.34. The molecule has 0 saturated heterocycles. The molecule has 0 aliphatic rings. The number of benzene rings is 1. The van der Waals surface area contributed by atoms with Gasteiger partial charge >= 0.3 is 0 Å². The van der Waals surface area contributed by atoms with Gasteiger partial charge in [0.2, 0.25) is 11.8 Å². The monoisotopic (exact) mass is 301 g/mol. The lowest BCUT2D eigenvalue weighted by Gasteiger charge is -2.05. The van der Waals surface area contributed by atoms with Crippen LogP contribution in [0.5, 0.6) is 0 Å². The Morgan fingerprint density at radius 2 is 1.90 bits per heavy atom. The number of carbonyl (C=O) groups is 2. The number of nitrogens with two attached hydrogens (primary N) is 1. The van der Waals surface area contributed by atoms with Gasteiger partial charge in [0.1, 0.15) is 0 Å². The number of rotatable bonds is 5. The summed E-state index contributed by atoms with van der Waals surface area (Å²) in [6.07, 6.45) is 3.33. The molecule has 2 rings (SSSR count). The molecule has 108 valence electrons. The molecule has 1 heterocycles. The van der Waals surface area contributed by atoms with Crippen LogP contribution in [0.15, 0.2) is 53.7 Å². The van der Waals surface area contributed by atoms with Crippen LogP contribution in [0.3, 0.4) is 0 Å². The smallest absolute Gasteiger partial charge is 0.236 e. The van der Waals surface area contributed by atoms with Gasteiger partial charge in [0.15, 0.2) is 0 Å². The van der Waals surface area contributed by atoms with Crippen LogP contribution in [0.4, 0.5) is 5.69 Å². The molecule has 2 aromatic rings. The molecule has 0 bridgehead atoms. The first-order chi connectivity index (χ1) is 10.1. The average Bonchev–Trinajstić information content (AvgIpc) is 2.47. The first-order valence-corrected chi connectivity index (χ1v) is 7.32. The standard InChI is InChI=1S/C15H15N3O2S/c16-12-9-17-7-6-13(12)21-10-15(20)18-14(19)8-11-4-2-1-3-5-11/h1-7,9H,8,10,16H2,(H,18,19,20). The zero-order valence-electron chi connectivity index (χ0n) is 11.3. The number of nitrogen functional groups attached to an aromatic ring is 1. The molecule has 1 aromatic carbocycles. The number of hydrogen-bond donors (Lipinski definition) is 2. The molecule has 0 unspecified atom stereocenters. The molecule has 0 fully saturated rings. The largest absolute Gasteiger partial charge is 0.397 e. The lowest BCUT2D eigenvalue weighted by atomic mass is 10.1. The molecule has 0 spiro atoms. The highest BCUT2D eigenvalue weighted by molar-refractivity contribution is 8.00. The summed E-state index contributed by atoms with van der Waals surface area (Å²) >= 11 is 1.27. The fourth-order valence-corrected chi connectivity index (χ4v) is 2.42. The van der Waals surface area contributed by atoms with E-state index >= 15 is 0 Å². The third-order valence-electron chi connectivity index (χ3n) is 2.66. The molecule has 0 atom stereocenters. The van der Waals surface area contributed by atoms with E-state index in [1.165, 1.54) is 18.0 Å². The van der Waals surface area contributed by atoms with Crippen molar-refractivity contribution in [3.05, 3.63) is 54.4 Å². The Morgan fingerprint density at radius 1 is 1.14 bits per heavy atom. The Bertz CT molecular complexity index is 632. The van der Waals surface area contributed by atoms with Crippen LogP contribution in [-0.4, -0.2) is 22.6 Å². The summed E-state index contributed by atoms with van der Waals surface area (Å²) in [4.78, 5) is 28.1. The Morgan fingerprint density at radius 3 is 2.62 bits per heavy atom. The van der Waals surface area contributed by atoms with Gasteiger partial charge in [-0.05, 0) is 11.6 Å². The van der Waals surface area contributed by atoms with Crippen molar-refractivity contribution in [2.45, 2.75) is 11.3 Å². The number of carbonyl (C=O) groups excluding carboxylic acids is 2. The molecule has 0 aliphatic carbocycles. The van der Waals surface area contributed by atoms with E-state index in [0.29, 0.717) is 5.69 Å². The quantitative estimate of drug-likeness (QED) is 0.820. The van der Waals surface area contributed by atoms with E-state index in [1.54, 1.807) is 12.3 Å². The van der Waals surface area contributed by atoms with Crippen molar-refractivity contribution in [3.63, 3.8) is 0 Å². The van der Waals surface area contributed by atoms with Crippen LogP contribution >= 0.6 is 11.8 Å². The number of imide groups is 1. The second kappa shape index (κ2) is 7.44. The molecular formula is C15H15N3O2S. The number of aromatic nitrogens is 1. The minimum absolute atomic E-state index is 0.134. The molecule has 3 N–H and O–H groups in total. The van der Waals surface area contributed by atoms with Crippen molar-refractivity contribution < 1.29 is 9.59 Å². The summed E-state index contributed by atoms with van der Waals surface area (Å²) in [5.41, 5.74) is 7.12. The van der Waals surface area contributed by atoms with E-state index < -0.39 is 0 Å². The Labute approximate surface area is 127 Å². The molecule has 0 saturated carbocycles. The fourth-order valence-electron chi connectivity index (χ4n) is 1.69. The van der Waals surface area contributed by atoms with Gasteiger partial charge in [-0.2, -0.15) is 0 Å². The van der Waals surface area contributed by atoms with Crippen LogP contribution in [0.25, 0.3) is 0 Å². The topological polar surface area (TPSA) is 85.1 Å². The highest BCUT2D eigenvalue weighted by Crippen LogP contribution is 2.22. The second-order valence-corrected chi connectivity index (χ2v) is 5.35. The zero-order valence-corrected chi connectivity index (χ0v) is 12.1. The van der Waals surface area contributed by atoms with Gasteiger partial charge in [-0.1, -0.05) is 30.3 Å². The minimum atomic E-state index is -0.336. The van der Waals surface area contributed by atoms with Crippen molar-refractivity contribution in [3.8, 4) is 0 Å². The predicted molar refractivity (Wildman–Crippen MR) is 82.7 cm³/mol. The maximum Gasteiger partial charge on any atom is 0.236 e. The highest BCUT2D eigenvalue weighted by Gasteiger charge is 2.10. The molecule has 6 heteroatoms. The molecule has 21 heavy (non-hydrogen) atoms. The van der Waals surface area contributed by atoms with E-state index in [2.05, 4.69) is 10.3 Å². The predicted octanol–water partition coefficient (Wildman–Crippen LogP) is 1.64. The highest BCUT2D eigenvalue weighted by atomic mass is 32.2. The van der Waals surface area contributed by atoms with Crippen molar-refractivity contribution in [1.82, 2.24) is 10.3 Å². The fraction of sp³-hybridized carbons (Fsp3) is 0.133.